The summed E-state index contributed by atoms with van der Waals surface area (Å²) in [6.07, 6.45) is 1.29. The van der Waals surface area contributed by atoms with Crippen LogP contribution in [-0.2, 0) is 4.74 Å². The molecule has 0 spiro atoms. The highest BCUT2D eigenvalue weighted by Crippen LogP contribution is 2.33. The van der Waals surface area contributed by atoms with Crippen molar-refractivity contribution >= 4 is 34.3 Å². The van der Waals surface area contributed by atoms with E-state index in [9.17, 15) is 10.1 Å². The number of ether oxygens (including phenoxy) is 1. The number of aromatic nitrogens is 1. The van der Waals surface area contributed by atoms with E-state index in [0.29, 0.717) is 30.2 Å². The summed E-state index contributed by atoms with van der Waals surface area (Å²) in [5, 5.41) is 11.0. The Morgan fingerprint density at radius 2 is 1.88 bits per heavy atom. The van der Waals surface area contributed by atoms with Crippen molar-refractivity contribution in [1.29, 1.82) is 5.26 Å². The number of halogens is 1. The first-order chi connectivity index (χ1) is 16.0. The lowest BCUT2D eigenvalue weighted by atomic mass is 10.1. The third-order valence-electron chi connectivity index (χ3n) is 5.84. The van der Waals surface area contributed by atoms with Gasteiger partial charge < -0.3 is 19.4 Å². The first kappa shape index (κ1) is 27.7. The Balaban J connectivity index is 0.000000509. The maximum Gasteiger partial charge on any atom is 0.410 e. The minimum atomic E-state index is -0.528. The van der Waals surface area contributed by atoms with Crippen molar-refractivity contribution < 1.29 is 9.53 Å². The van der Waals surface area contributed by atoms with E-state index in [-0.39, 0.29) is 12.1 Å². The molecule has 186 valence electrons. The third kappa shape index (κ3) is 7.22. The second-order valence-corrected chi connectivity index (χ2v) is 9.82. The van der Waals surface area contributed by atoms with Crippen molar-refractivity contribution in [3.05, 3.63) is 35.0 Å². The number of carbonyl (C=O) groups is 1. The van der Waals surface area contributed by atoms with E-state index in [4.69, 9.17) is 16.3 Å². The van der Waals surface area contributed by atoms with Crippen LogP contribution in [0.2, 0.25) is 5.02 Å². The zero-order chi connectivity index (χ0) is 25.5. The van der Waals surface area contributed by atoms with Crippen molar-refractivity contribution in [3.63, 3.8) is 0 Å². The number of fused-ring (bicyclic) bond motifs is 1. The number of piperazine rings is 1. The number of nitriles is 1. The number of carbonyl (C=O) groups excluding carboxylic acids is 1. The summed E-state index contributed by atoms with van der Waals surface area (Å²) in [6.45, 7) is 19.4. The van der Waals surface area contributed by atoms with E-state index in [1.807, 2.05) is 39.8 Å². The second-order valence-electron chi connectivity index (χ2n) is 9.38. The highest BCUT2D eigenvalue weighted by molar-refractivity contribution is 6.31. The van der Waals surface area contributed by atoms with Crippen molar-refractivity contribution in [3.8, 4) is 6.07 Å². The third-order valence-corrected chi connectivity index (χ3v) is 6.07. The van der Waals surface area contributed by atoms with Crippen LogP contribution in [0.15, 0.2) is 24.4 Å². The summed E-state index contributed by atoms with van der Waals surface area (Å²) in [7, 11) is 0. The first-order valence-corrected chi connectivity index (χ1v) is 12.4. The molecule has 0 aliphatic carbocycles. The number of pyridine rings is 1. The van der Waals surface area contributed by atoms with Crippen LogP contribution in [-0.4, -0.2) is 71.8 Å². The predicted octanol–water partition coefficient (Wildman–Crippen LogP) is 5.55. The fourth-order valence-corrected chi connectivity index (χ4v) is 4.17. The Labute approximate surface area is 209 Å². The van der Waals surface area contributed by atoms with Gasteiger partial charge in [0.25, 0.3) is 0 Å². The average molecular weight is 488 g/mol. The minimum absolute atomic E-state index is 0.0532. The monoisotopic (exact) mass is 487 g/mol. The first-order valence-electron chi connectivity index (χ1n) is 12.0. The number of benzene rings is 1. The van der Waals surface area contributed by atoms with Crippen LogP contribution in [0.4, 0.5) is 10.5 Å². The number of amides is 1. The quantitative estimate of drug-likeness (QED) is 0.562. The fraction of sp³-hybridized carbons (Fsp3) is 0.577. The molecule has 2 heterocycles. The van der Waals surface area contributed by atoms with Gasteiger partial charge in [0.2, 0.25) is 0 Å². The van der Waals surface area contributed by atoms with E-state index in [1.54, 1.807) is 17.2 Å². The molecule has 0 unspecified atom stereocenters. The Hall–Kier alpha value is -2.56. The van der Waals surface area contributed by atoms with Crippen molar-refractivity contribution in [2.24, 2.45) is 0 Å². The van der Waals surface area contributed by atoms with Gasteiger partial charge in [0.15, 0.2) is 0 Å². The van der Waals surface area contributed by atoms with Gasteiger partial charge in [-0.25, -0.2) is 4.79 Å². The Morgan fingerprint density at radius 1 is 1.24 bits per heavy atom. The number of hydrogen-bond donors (Lipinski definition) is 0. The number of rotatable bonds is 4. The molecule has 1 amide bonds. The van der Waals surface area contributed by atoms with Gasteiger partial charge in [-0.1, -0.05) is 32.4 Å². The van der Waals surface area contributed by atoms with Crippen LogP contribution in [0.3, 0.4) is 0 Å². The van der Waals surface area contributed by atoms with Gasteiger partial charge in [-0.05, 0) is 65.5 Å². The summed E-state index contributed by atoms with van der Waals surface area (Å²) >= 11 is 6.18. The predicted molar refractivity (Wildman–Crippen MR) is 140 cm³/mol. The van der Waals surface area contributed by atoms with Gasteiger partial charge in [0, 0.05) is 42.3 Å². The van der Waals surface area contributed by atoms with Gasteiger partial charge in [-0.15, -0.1) is 0 Å². The Morgan fingerprint density at radius 3 is 2.38 bits per heavy atom. The maximum atomic E-state index is 12.5. The number of hydrogen-bond acceptors (Lipinski definition) is 6. The molecule has 0 saturated carbocycles. The van der Waals surface area contributed by atoms with Crippen LogP contribution >= 0.6 is 11.6 Å². The number of nitrogens with zero attached hydrogens (tertiary/aromatic N) is 5. The Kier molecular flexibility index (Phi) is 9.96. The largest absolute Gasteiger partial charge is 0.444 e. The van der Waals surface area contributed by atoms with Gasteiger partial charge in [-0.3, -0.25) is 4.98 Å². The van der Waals surface area contributed by atoms with Crippen LogP contribution in [0, 0.1) is 11.3 Å². The van der Waals surface area contributed by atoms with Crippen LogP contribution in [0.25, 0.3) is 10.9 Å². The zero-order valence-corrected chi connectivity index (χ0v) is 22.3. The molecule has 2 aromatic rings. The molecule has 34 heavy (non-hydrogen) atoms. The molecule has 1 aromatic carbocycles. The molecule has 0 bridgehead atoms. The van der Waals surface area contributed by atoms with Crippen molar-refractivity contribution in [1.82, 2.24) is 14.8 Å². The normalized spacial score (nSPS) is 16.2. The maximum absolute atomic E-state index is 12.5. The van der Waals surface area contributed by atoms with Crippen LogP contribution < -0.4 is 4.90 Å². The van der Waals surface area contributed by atoms with Crippen LogP contribution in [0.5, 0.6) is 0 Å². The molecule has 3 rings (SSSR count). The fourth-order valence-electron chi connectivity index (χ4n) is 4.00. The second kappa shape index (κ2) is 12.2. The molecular weight excluding hydrogens is 450 g/mol. The summed E-state index contributed by atoms with van der Waals surface area (Å²) in [5.41, 5.74) is 1.58. The lowest BCUT2D eigenvalue weighted by Crippen LogP contribution is -2.55. The van der Waals surface area contributed by atoms with Crippen molar-refractivity contribution in [2.45, 2.75) is 60.1 Å². The standard InChI is InChI=1S/C20H23ClN4O2.C6H15N/c1-13-12-24(7-8-25(13)19(26)27-20(2,3)4)18-14(10-22)11-23-17-6-5-15(21)9-16(17)18;1-4-7(5-2)6-3/h5-6,9,11,13H,7-8,12H2,1-4H3;4-6H2,1-3H3/t13-;/m1./s1. The summed E-state index contributed by atoms with van der Waals surface area (Å²) < 4.78 is 5.51. The lowest BCUT2D eigenvalue weighted by molar-refractivity contribution is 0.0159. The molecule has 1 aromatic heterocycles. The van der Waals surface area contributed by atoms with E-state index in [0.717, 1.165) is 16.6 Å². The molecular formula is C26H38ClN5O2. The van der Waals surface area contributed by atoms with Gasteiger partial charge in [0.1, 0.15) is 11.7 Å². The van der Waals surface area contributed by atoms with E-state index in [1.165, 1.54) is 19.6 Å². The summed E-state index contributed by atoms with van der Waals surface area (Å²) in [5.74, 6) is 0. The molecule has 8 heteroatoms. The zero-order valence-electron chi connectivity index (χ0n) is 21.6. The van der Waals surface area contributed by atoms with E-state index in [2.05, 4.69) is 41.6 Å². The summed E-state index contributed by atoms with van der Waals surface area (Å²) in [6, 6.07) is 7.65. The Bertz CT molecular complexity index is 1010. The van der Waals surface area contributed by atoms with Crippen LogP contribution in [0.1, 0.15) is 54.0 Å². The molecule has 7 nitrogen and oxygen atoms in total. The SMILES string of the molecule is CCN(CC)CC.C[C@@H]1CN(c2c(C#N)cnc3ccc(Cl)cc23)CCN1C(=O)OC(C)(C)C. The van der Waals surface area contributed by atoms with Gasteiger partial charge >= 0.3 is 6.09 Å². The lowest BCUT2D eigenvalue weighted by Gasteiger charge is -2.41. The van der Waals surface area contributed by atoms with Gasteiger partial charge in [-0.2, -0.15) is 5.26 Å². The molecule has 1 aliphatic rings. The van der Waals surface area contributed by atoms with E-state index < -0.39 is 5.60 Å². The summed E-state index contributed by atoms with van der Waals surface area (Å²) in [4.78, 5) is 23.1. The average Bonchev–Trinajstić information content (AvgIpc) is 2.78. The highest BCUT2D eigenvalue weighted by atomic mass is 35.5. The molecule has 1 fully saturated rings. The molecule has 0 N–H and O–H groups in total. The smallest absolute Gasteiger partial charge is 0.410 e. The number of anilines is 1. The molecule has 1 atom stereocenters. The van der Waals surface area contributed by atoms with Gasteiger partial charge in [0.05, 0.1) is 16.8 Å². The topological polar surface area (TPSA) is 72.7 Å². The molecule has 0 radical (unpaired) electrons. The molecule has 1 aliphatic heterocycles. The van der Waals surface area contributed by atoms with E-state index >= 15 is 0 Å². The minimum Gasteiger partial charge on any atom is -0.444 e. The van der Waals surface area contributed by atoms with Crippen molar-refractivity contribution in [2.75, 3.05) is 44.2 Å². The highest BCUT2D eigenvalue weighted by Gasteiger charge is 2.32. The molecule has 1 saturated heterocycles.